The van der Waals surface area contributed by atoms with E-state index >= 15 is 0 Å². The Morgan fingerprint density at radius 3 is 3.19 bits per heavy atom. The highest BCUT2D eigenvalue weighted by Gasteiger charge is 2.19. The van der Waals surface area contributed by atoms with E-state index in [1.165, 1.54) is 11.4 Å². The molecule has 1 aromatic rings. The minimum atomic E-state index is 0.303. The minimum absolute atomic E-state index is 0.303. The third-order valence-corrected chi connectivity index (χ3v) is 2.96. The van der Waals surface area contributed by atoms with Gasteiger partial charge in [0.15, 0.2) is 0 Å². The van der Waals surface area contributed by atoms with Crippen molar-refractivity contribution in [2.75, 3.05) is 13.2 Å². The molecule has 4 heteroatoms. The second kappa shape index (κ2) is 5.46. The van der Waals surface area contributed by atoms with E-state index < -0.39 is 0 Å². The molecule has 1 heterocycles. The fourth-order valence-electron chi connectivity index (χ4n) is 2.10. The van der Waals surface area contributed by atoms with Crippen LogP contribution in [0, 0.1) is 0 Å². The summed E-state index contributed by atoms with van der Waals surface area (Å²) in [6, 6.07) is 0.303. The van der Waals surface area contributed by atoms with Crippen LogP contribution in [0.15, 0.2) is 0 Å². The topological polar surface area (TPSA) is 63.9 Å². The Kier molecular flexibility index (Phi) is 3.96. The molecule has 1 aliphatic carbocycles. The number of nitrogens with one attached hydrogen (secondary N) is 1. The molecule has 1 atom stereocenters. The van der Waals surface area contributed by atoms with E-state index in [0.29, 0.717) is 6.04 Å². The van der Waals surface area contributed by atoms with Crippen LogP contribution in [0.4, 0.5) is 0 Å². The lowest BCUT2D eigenvalue weighted by atomic mass is 9.97. The highest BCUT2D eigenvalue weighted by molar-refractivity contribution is 5.19. The van der Waals surface area contributed by atoms with Crippen molar-refractivity contribution in [1.82, 2.24) is 9.97 Å². The third kappa shape index (κ3) is 2.83. The molecule has 3 N–H and O–H groups in total. The lowest BCUT2D eigenvalue weighted by molar-refractivity contribution is 0.137. The predicted octanol–water partition coefficient (Wildman–Crippen LogP) is 1.19. The highest BCUT2D eigenvalue weighted by atomic mass is 16.5. The lowest BCUT2D eigenvalue weighted by Crippen LogP contribution is -2.27. The number of aromatic nitrogens is 2. The van der Waals surface area contributed by atoms with E-state index in [-0.39, 0.29) is 0 Å². The van der Waals surface area contributed by atoms with Crippen molar-refractivity contribution in [3.63, 3.8) is 0 Å². The molecule has 0 spiro atoms. The molecule has 0 amide bonds. The number of nitrogens with zero attached hydrogens (tertiary/aromatic N) is 1. The van der Waals surface area contributed by atoms with Crippen LogP contribution in [0.3, 0.4) is 0 Å². The molecule has 0 aromatic carbocycles. The smallest absolute Gasteiger partial charge is 0.108 e. The van der Waals surface area contributed by atoms with Gasteiger partial charge < -0.3 is 15.5 Å². The molecule has 0 fully saturated rings. The lowest BCUT2D eigenvalue weighted by Gasteiger charge is -2.15. The summed E-state index contributed by atoms with van der Waals surface area (Å²) in [6.07, 6.45) is 4.97. The van der Waals surface area contributed by atoms with Crippen LogP contribution in [0.25, 0.3) is 0 Å². The molecule has 90 valence electrons. The minimum Gasteiger partial charge on any atom is -0.381 e. The fraction of sp³-hybridized carbons (Fsp3) is 0.750. The first kappa shape index (κ1) is 11.6. The number of nitrogens with two attached hydrogens (primary N) is 1. The molecular formula is C12H21N3O. The summed E-state index contributed by atoms with van der Waals surface area (Å²) >= 11 is 0. The normalized spacial score (nSPS) is 19.8. The number of rotatable bonds is 5. The van der Waals surface area contributed by atoms with Crippen LogP contribution in [0.5, 0.6) is 0 Å². The molecular weight excluding hydrogens is 202 g/mol. The maximum absolute atomic E-state index is 5.93. The molecule has 0 saturated carbocycles. The van der Waals surface area contributed by atoms with Crippen molar-refractivity contribution >= 4 is 0 Å². The van der Waals surface area contributed by atoms with Gasteiger partial charge >= 0.3 is 0 Å². The second-order valence-corrected chi connectivity index (χ2v) is 4.47. The van der Waals surface area contributed by atoms with Gasteiger partial charge in [-0.25, -0.2) is 4.98 Å². The van der Waals surface area contributed by atoms with Crippen LogP contribution in [-0.2, 0) is 24.0 Å². The van der Waals surface area contributed by atoms with E-state index in [9.17, 15) is 0 Å². The number of ether oxygens (including phenoxy) is 1. The molecule has 2 rings (SSSR count). The second-order valence-electron chi connectivity index (χ2n) is 4.47. The van der Waals surface area contributed by atoms with Crippen molar-refractivity contribution in [1.29, 1.82) is 0 Å². The van der Waals surface area contributed by atoms with Gasteiger partial charge in [0.2, 0.25) is 0 Å². The molecule has 0 saturated heterocycles. The Bertz CT molecular complexity index is 335. The van der Waals surface area contributed by atoms with Gasteiger partial charge in [0.1, 0.15) is 5.82 Å². The largest absolute Gasteiger partial charge is 0.381 e. The summed E-state index contributed by atoms with van der Waals surface area (Å²) in [5, 5.41) is 0. The first-order chi connectivity index (χ1) is 7.79. The average Bonchev–Trinajstić information content (AvgIpc) is 2.66. The van der Waals surface area contributed by atoms with Gasteiger partial charge in [-0.3, -0.25) is 0 Å². The molecule has 0 aliphatic heterocycles. The van der Waals surface area contributed by atoms with Crippen LogP contribution in [0.2, 0.25) is 0 Å². The maximum atomic E-state index is 5.93. The van der Waals surface area contributed by atoms with E-state index in [1.807, 2.05) is 0 Å². The molecule has 1 aliphatic rings. The fourth-order valence-corrected chi connectivity index (χ4v) is 2.10. The zero-order chi connectivity index (χ0) is 11.4. The molecule has 0 radical (unpaired) electrons. The number of aryl methyl sites for hydroxylation is 1. The molecule has 1 aromatic heterocycles. The summed E-state index contributed by atoms with van der Waals surface area (Å²) in [5.41, 5.74) is 8.38. The third-order valence-electron chi connectivity index (χ3n) is 2.96. The van der Waals surface area contributed by atoms with Gasteiger partial charge in [-0.2, -0.15) is 0 Å². The first-order valence-corrected chi connectivity index (χ1v) is 6.19. The predicted molar refractivity (Wildman–Crippen MR) is 63.4 cm³/mol. The van der Waals surface area contributed by atoms with Crippen molar-refractivity contribution in [2.45, 2.75) is 45.1 Å². The number of hydrogen-bond acceptors (Lipinski definition) is 3. The highest BCUT2D eigenvalue weighted by Crippen LogP contribution is 2.18. The number of aromatic amines is 1. The number of fused-ring (bicyclic) bond motifs is 1. The Morgan fingerprint density at radius 2 is 2.38 bits per heavy atom. The van der Waals surface area contributed by atoms with Crippen LogP contribution in [-0.4, -0.2) is 29.2 Å². The maximum Gasteiger partial charge on any atom is 0.108 e. The van der Waals surface area contributed by atoms with Crippen LogP contribution >= 0.6 is 0 Å². The van der Waals surface area contributed by atoms with Gasteiger partial charge in [-0.1, -0.05) is 6.92 Å². The molecule has 16 heavy (non-hydrogen) atoms. The van der Waals surface area contributed by atoms with E-state index in [4.69, 9.17) is 10.5 Å². The number of H-pyrrole nitrogens is 1. The summed E-state index contributed by atoms with van der Waals surface area (Å²) < 4.78 is 5.46. The SMILES string of the molecule is CCCOCCc1nc2c([nH]1)CC(N)CC2. The molecule has 0 bridgehead atoms. The average molecular weight is 223 g/mol. The first-order valence-electron chi connectivity index (χ1n) is 6.19. The van der Waals surface area contributed by atoms with Gasteiger partial charge in [-0.15, -0.1) is 0 Å². The van der Waals surface area contributed by atoms with Gasteiger partial charge in [0, 0.05) is 31.2 Å². The summed E-state index contributed by atoms with van der Waals surface area (Å²) in [4.78, 5) is 7.96. The van der Waals surface area contributed by atoms with Crippen molar-refractivity contribution < 1.29 is 4.74 Å². The van der Waals surface area contributed by atoms with Crippen LogP contribution in [0.1, 0.15) is 37.0 Å². The van der Waals surface area contributed by atoms with Gasteiger partial charge in [0.05, 0.1) is 12.3 Å². The Morgan fingerprint density at radius 1 is 1.50 bits per heavy atom. The van der Waals surface area contributed by atoms with Gasteiger partial charge in [0.25, 0.3) is 0 Å². The quantitative estimate of drug-likeness (QED) is 0.737. The van der Waals surface area contributed by atoms with Crippen molar-refractivity contribution in [3.8, 4) is 0 Å². The Hall–Kier alpha value is -0.870. The Balaban J connectivity index is 1.87. The van der Waals surface area contributed by atoms with Crippen molar-refractivity contribution in [2.24, 2.45) is 5.73 Å². The summed E-state index contributed by atoms with van der Waals surface area (Å²) in [5.74, 6) is 1.05. The van der Waals surface area contributed by atoms with E-state index in [0.717, 1.165) is 51.1 Å². The van der Waals surface area contributed by atoms with E-state index in [2.05, 4.69) is 16.9 Å². The summed E-state index contributed by atoms with van der Waals surface area (Å²) in [7, 11) is 0. The Labute approximate surface area is 96.6 Å². The number of hydrogen-bond donors (Lipinski definition) is 2. The van der Waals surface area contributed by atoms with Crippen molar-refractivity contribution in [3.05, 3.63) is 17.2 Å². The molecule has 4 nitrogen and oxygen atoms in total. The standard InChI is InChI=1S/C12H21N3O/c1-2-6-16-7-5-12-14-10-4-3-9(13)8-11(10)15-12/h9H,2-8,13H2,1H3,(H,14,15). The van der Waals surface area contributed by atoms with E-state index in [1.54, 1.807) is 0 Å². The van der Waals surface area contributed by atoms with Gasteiger partial charge in [-0.05, 0) is 19.3 Å². The monoisotopic (exact) mass is 223 g/mol. The number of imidazole rings is 1. The summed E-state index contributed by atoms with van der Waals surface area (Å²) in [6.45, 7) is 3.71. The zero-order valence-corrected chi connectivity index (χ0v) is 9.96. The van der Waals surface area contributed by atoms with Crippen LogP contribution < -0.4 is 5.73 Å². The molecule has 1 unspecified atom stereocenters. The zero-order valence-electron chi connectivity index (χ0n) is 9.96.